The third kappa shape index (κ3) is 4.23. The molecule has 0 spiro atoms. The Morgan fingerprint density at radius 3 is 2.37 bits per heavy atom. The molecule has 0 N–H and O–H groups in total. The van der Waals surface area contributed by atoms with Gasteiger partial charge in [-0.3, -0.25) is 0 Å². The Balaban J connectivity index is 2.02. The monoisotopic (exact) mass is 271 g/mol. The molecule has 0 heterocycles. The largest absolute Gasteiger partial charge is 0.489 e. The van der Waals surface area contributed by atoms with Gasteiger partial charge in [0.2, 0.25) is 0 Å². The fraction of sp³-hybridized carbons (Fsp3) is 0.133. The molecule has 0 fully saturated rings. The molecule has 0 radical (unpaired) electrons. The molecule has 0 bridgehead atoms. The van der Waals surface area contributed by atoms with Gasteiger partial charge in [-0.1, -0.05) is 30.3 Å². The number of rotatable bonds is 6. The van der Waals surface area contributed by atoms with Gasteiger partial charge in [-0.25, -0.2) is 0 Å². The van der Waals surface area contributed by atoms with Gasteiger partial charge in [-0.2, -0.15) is 5.26 Å². The number of benzene rings is 2. The van der Waals surface area contributed by atoms with Crippen molar-refractivity contribution in [1.29, 1.82) is 5.26 Å². The highest BCUT2D eigenvalue weighted by Gasteiger charge is 2.05. The summed E-state index contributed by atoms with van der Waals surface area (Å²) in [6.45, 7) is 0.480. The molecular formula is C15H13NO2S. The molecule has 4 heteroatoms. The van der Waals surface area contributed by atoms with E-state index in [9.17, 15) is 0 Å². The zero-order chi connectivity index (χ0) is 13.3. The molecule has 0 unspecified atom stereocenters. The number of thiocyanates is 1. The predicted octanol–water partition coefficient (Wildman–Crippen LogP) is 4.07. The number of ether oxygens (including phenoxy) is 2. The maximum atomic E-state index is 8.45. The zero-order valence-electron chi connectivity index (χ0n) is 10.3. The number of para-hydroxylation sites is 3. The van der Waals surface area contributed by atoms with Crippen molar-refractivity contribution in [2.24, 2.45) is 0 Å². The Kier molecular flexibility index (Phi) is 5.15. The third-order valence-electron chi connectivity index (χ3n) is 2.33. The predicted molar refractivity (Wildman–Crippen MR) is 76.5 cm³/mol. The van der Waals surface area contributed by atoms with Crippen molar-refractivity contribution in [2.75, 3.05) is 12.4 Å². The van der Waals surface area contributed by atoms with Crippen molar-refractivity contribution in [3.8, 4) is 22.6 Å². The highest BCUT2D eigenvalue weighted by atomic mass is 32.2. The lowest BCUT2D eigenvalue weighted by atomic mass is 10.3. The molecule has 0 aliphatic rings. The van der Waals surface area contributed by atoms with Gasteiger partial charge >= 0.3 is 0 Å². The van der Waals surface area contributed by atoms with Crippen LogP contribution in [0.1, 0.15) is 0 Å². The molecule has 3 nitrogen and oxygen atoms in total. The zero-order valence-corrected chi connectivity index (χ0v) is 11.1. The van der Waals surface area contributed by atoms with Crippen molar-refractivity contribution in [1.82, 2.24) is 0 Å². The lowest BCUT2D eigenvalue weighted by Crippen LogP contribution is -2.00. The first-order valence-electron chi connectivity index (χ1n) is 5.86. The summed E-state index contributed by atoms with van der Waals surface area (Å²) >= 11 is 1.18. The van der Waals surface area contributed by atoms with Crippen molar-refractivity contribution < 1.29 is 9.47 Å². The first-order valence-corrected chi connectivity index (χ1v) is 6.84. The maximum absolute atomic E-state index is 8.45. The summed E-state index contributed by atoms with van der Waals surface area (Å²) in [4.78, 5) is 0. The molecule has 0 saturated carbocycles. The Morgan fingerprint density at radius 2 is 1.63 bits per heavy atom. The van der Waals surface area contributed by atoms with Gasteiger partial charge in [0, 0.05) is 5.75 Å². The second-order valence-electron chi connectivity index (χ2n) is 3.65. The standard InChI is InChI=1S/C15H13NO2S/c16-12-19-11-10-17-14-8-4-5-9-15(14)18-13-6-2-1-3-7-13/h1-9H,10-11H2. The normalized spacial score (nSPS) is 9.63. The highest BCUT2D eigenvalue weighted by molar-refractivity contribution is 8.03. The fourth-order valence-corrected chi connectivity index (χ4v) is 1.77. The lowest BCUT2D eigenvalue weighted by Gasteiger charge is -2.11. The number of thioether (sulfide) groups is 1. The van der Waals surface area contributed by atoms with Crippen molar-refractivity contribution >= 4 is 11.8 Å². The molecule has 0 aliphatic carbocycles. The summed E-state index contributed by atoms with van der Waals surface area (Å²) in [6.07, 6.45) is 0. The van der Waals surface area contributed by atoms with Gasteiger partial charge in [0.1, 0.15) is 11.2 Å². The van der Waals surface area contributed by atoms with E-state index in [0.717, 1.165) is 5.75 Å². The Bertz CT molecular complexity index is 552. The molecule has 0 atom stereocenters. The molecule has 2 aromatic carbocycles. The first kappa shape index (κ1) is 13.3. The van der Waals surface area contributed by atoms with E-state index in [-0.39, 0.29) is 0 Å². The van der Waals surface area contributed by atoms with Crippen LogP contribution in [0.25, 0.3) is 0 Å². The van der Waals surface area contributed by atoms with E-state index in [1.54, 1.807) is 0 Å². The molecule has 19 heavy (non-hydrogen) atoms. The van der Waals surface area contributed by atoms with Gasteiger partial charge in [-0.05, 0) is 36.0 Å². The molecular weight excluding hydrogens is 258 g/mol. The summed E-state index contributed by atoms with van der Waals surface area (Å²) < 4.78 is 11.4. The topological polar surface area (TPSA) is 42.2 Å². The van der Waals surface area contributed by atoms with Gasteiger partial charge in [0.15, 0.2) is 11.5 Å². The molecule has 0 aliphatic heterocycles. The van der Waals surface area contributed by atoms with Crippen LogP contribution in [0.4, 0.5) is 0 Å². The first-order chi connectivity index (χ1) is 9.40. The number of hydrogen-bond acceptors (Lipinski definition) is 4. The SMILES string of the molecule is N#CSCCOc1ccccc1Oc1ccccc1. The van der Waals surface area contributed by atoms with Crippen LogP contribution in [0, 0.1) is 10.7 Å². The van der Waals surface area contributed by atoms with E-state index in [0.29, 0.717) is 23.9 Å². The van der Waals surface area contributed by atoms with Crippen LogP contribution in [-0.2, 0) is 0 Å². The van der Waals surface area contributed by atoms with E-state index in [1.807, 2.05) is 60.0 Å². The van der Waals surface area contributed by atoms with Crippen LogP contribution < -0.4 is 9.47 Å². The molecule has 0 amide bonds. The summed E-state index contributed by atoms with van der Waals surface area (Å²) in [5.74, 6) is 2.77. The number of nitrogens with zero attached hydrogens (tertiary/aromatic N) is 1. The average Bonchev–Trinajstić information content (AvgIpc) is 2.46. The smallest absolute Gasteiger partial charge is 0.169 e. The molecule has 0 aromatic heterocycles. The summed E-state index contributed by atoms with van der Waals surface area (Å²) in [6, 6.07) is 17.1. The maximum Gasteiger partial charge on any atom is 0.169 e. The fourth-order valence-electron chi connectivity index (χ4n) is 1.51. The minimum absolute atomic E-state index is 0.480. The van der Waals surface area contributed by atoms with E-state index >= 15 is 0 Å². The van der Waals surface area contributed by atoms with E-state index in [2.05, 4.69) is 0 Å². The van der Waals surface area contributed by atoms with Gasteiger partial charge in [0.05, 0.1) is 6.61 Å². The number of hydrogen-bond donors (Lipinski definition) is 0. The quantitative estimate of drug-likeness (QED) is 0.586. The van der Waals surface area contributed by atoms with Crippen LogP contribution in [0.3, 0.4) is 0 Å². The van der Waals surface area contributed by atoms with Crippen molar-refractivity contribution in [3.63, 3.8) is 0 Å². The minimum Gasteiger partial charge on any atom is -0.489 e. The van der Waals surface area contributed by atoms with E-state index in [1.165, 1.54) is 11.8 Å². The van der Waals surface area contributed by atoms with Crippen molar-refractivity contribution in [3.05, 3.63) is 54.6 Å². The Morgan fingerprint density at radius 1 is 0.947 bits per heavy atom. The second-order valence-corrected chi connectivity index (χ2v) is 4.53. The summed E-state index contributed by atoms with van der Waals surface area (Å²) in [5.41, 5.74) is 0. The van der Waals surface area contributed by atoms with Crippen LogP contribution in [-0.4, -0.2) is 12.4 Å². The molecule has 0 saturated heterocycles. The second kappa shape index (κ2) is 7.34. The van der Waals surface area contributed by atoms with Gasteiger partial charge in [0.25, 0.3) is 0 Å². The van der Waals surface area contributed by atoms with Crippen LogP contribution >= 0.6 is 11.8 Å². The van der Waals surface area contributed by atoms with Gasteiger partial charge < -0.3 is 9.47 Å². The molecule has 2 aromatic rings. The van der Waals surface area contributed by atoms with Crippen molar-refractivity contribution in [2.45, 2.75) is 0 Å². The van der Waals surface area contributed by atoms with E-state index in [4.69, 9.17) is 14.7 Å². The van der Waals surface area contributed by atoms with Gasteiger partial charge in [-0.15, -0.1) is 0 Å². The number of nitriles is 1. The highest BCUT2D eigenvalue weighted by Crippen LogP contribution is 2.31. The van der Waals surface area contributed by atoms with Crippen LogP contribution in [0.15, 0.2) is 54.6 Å². The third-order valence-corrected chi connectivity index (χ3v) is 2.83. The minimum atomic E-state index is 0.480. The van der Waals surface area contributed by atoms with Crippen LogP contribution in [0.2, 0.25) is 0 Å². The molecule has 2 rings (SSSR count). The molecule has 96 valence electrons. The van der Waals surface area contributed by atoms with E-state index < -0.39 is 0 Å². The Labute approximate surface area is 116 Å². The summed E-state index contributed by atoms with van der Waals surface area (Å²) in [7, 11) is 0. The average molecular weight is 271 g/mol. The summed E-state index contributed by atoms with van der Waals surface area (Å²) in [5, 5.41) is 10.5. The lowest BCUT2D eigenvalue weighted by molar-refractivity contribution is 0.324. The van der Waals surface area contributed by atoms with Crippen LogP contribution in [0.5, 0.6) is 17.2 Å². The Hall–Kier alpha value is -2.12.